The van der Waals surface area contributed by atoms with Gasteiger partial charge in [0.15, 0.2) is 0 Å². The number of carbonyl (C=O) groups excluding carboxylic acids is 1. The lowest BCUT2D eigenvalue weighted by molar-refractivity contribution is 0.0528. The van der Waals surface area contributed by atoms with Crippen molar-refractivity contribution in [3.05, 3.63) is 17.0 Å². The summed E-state index contributed by atoms with van der Waals surface area (Å²) in [5.41, 5.74) is 0.838. The molecule has 0 bridgehead atoms. The van der Waals surface area contributed by atoms with E-state index in [0.29, 0.717) is 12.6 Å². The highest BCUT2D eigenvalue weighted by atomic mass is 32.1. The Morgan fingerprint density at radius 1 is 1.38 bits per heavy atom. The van der Waals surface area contributed by atoms with Crippen LogP contribution in [0.4, 0.5) is 9.80 Å². The van der Waals surface area contributed by atoms with Crippen molar-refractivity contribution >= 4 is 22.4 Å². The third-order valence-electron chi connectivity index (χ3n) is 3.50. The molecule has 1 aromatic rings. The number of amides is 1. The number of anilines is 1. The summed E-state index contributed by atoms with van der Waals surface area (Å²) in [5.74, 6) is 0. The summed E-state index contributed by atoms with van der Waals surface area (Å²) in [6, 6.07) is 2.76. The predicted molar refractivity (Wildman–Crippen MR) is 88.1 cm³/mol. The Balaban J connectivity index is 1.76. The second-order valence-electron chi connectivity index (χ2n) is 6.58. The SMILES string of the molecule is CC(C)(C)OC(=O)NCCc1ccsc1NC1CCCC1. The van der Waals surface area contributed by atoms with Gasteiger partial charge in [0, 0.05) is 12.6 Å². The highest BCUT2D eigenvalue weighted by Gasteiger charge is 2.17. The molecular formula is C16H26N2O2S. The van der Waals surface area contributed by atoms with Crippen molar-refractivity contribution in [3.8, 4) is 0 Å². The van der Waals surface area contributed by atoms with Gasteiger partial charge in [0.05, 0.1) is 5.00 Å². The van der Waals surface area contributed by atoms with E-state index < -0.39 is 5.60 Å². The highest BCUT2D eigenvalue weighted by molar-refractivity contribution is 7.14. The van der Waals surface area contributed by atoms with Crippen molar-refractivity contribution in [2.75, 3.05) is 11.9 Å². The molecule has 1 fully saturated rings. The van der Waals surface area contributed by atoms with Crippen LogP contribution >= 0.6 is 11.3 Å². The molecule has 2 N–H and O–H groups in total. The normalized spacial score (nSPS) is 16.0. The summed E-state index contributed by atoms with van der Waals surface area (Å²) in [6.45, 7) is 6.21. The largest absolute Gasteiger partial charge is 0.444 e. The highest BCUT2D eigenvalue weighted by Crippen LogP contribution is 2.28. The van der Waals surface area contributed by atoms with E-state index in [9.17, 15) is 4.79 Å². The Morgan fingerprint density at radius 3 is 2.76 bits per heavy atom. The van der Waals surface area contributed by atoms with Gasteiger partial charge < -0.3 is 15.4 Å². The lowest BCUT2D eigenvalue weighted by Crippen LogP contribution is -2.33. The Hall–Kier alpha value is -1.23. The molecular weight excluding hydrogens is 284 g/mol. The molecule has 0 radical (unpaired) electrons. The van der Waals surface area contributed by atoms with Gasteiger partial charge >= 0.3 is 6.09 Å². The number of nitrogens with one attached hydrogen (secondary N) is 2. The van der Waals surface area contributed by atoms with E-state index in [1.54, 1.807) is 11.3 Å². The summed E-state index contributed by atoms with van der Waals surface area (Å²) in [5, 5.41) is 9.82. The molecule has 21 heavy (non-hydrogen) atoms. The molecule has 1 aromatic heterocycles. The Labute approximate surface area is 131 Å². The molecule has 1 aliphatic carbocycles. The van der Waals surface area contributed by atoms with Gasteiger partial charge in [-0.05, 0) is 57.0 Å². The molecule has 0 aromatic carbocycles. The van der Waals surface area contributed by atoms with Crippen LogP contribution in [0, 0.1) is 0 Å². The van der Waals surface area contributed by atoms with Gasteiger partial charge in [-0.3, -0.25) is 0 Å². The maximum atomic E-state index is 11.6. The average molecular weight is 310 g/mol. The van der Waals surface area contributed by atoms with Gasteiger partial charge in [-0.15, -0.1) is 11.3 Å². The van der Waals surface area contributed by atoms with E-state index in [0.717, 1.165) is 6.42 Å². The van der Waals surface area contributed by atoms with E-state index in [1.165, 1.54) is 36.2 Å². The second-order valence-corrected chi connectivity index (χ2v) is 7.50. The zero-order chi connectivity index (χ0) is 15.3. The maximum absolute atomic E-state index is 11.6. The van der Waals surface area contributed by atoms with Crippen LogP contribution < -0.4 is 10.6 Å². The number of hydrogen-bond acceptors (Lipinski definition) is 4. The minimum Gasteiger partial charge on any atom is -0.444 e. The summed E-state index contributed by atoms with van der Waals surface area (Å²) < 4.78 is 5.23. The van der Waals surface area contributed by atoms with Crippen molar-refractivity contribution < 1.29 is 9.53 Å². The van der Waals surface area contributed by atoms with Gasteiger partial charge in [-0.2, -0.15) is 0 Å². The third-order valence-corrected chi connectivity index (χ3v) is 4.39. The lowest BCUT2D eigenvalue weighted by Gasteiger charge is -2.19. The first-order valence-electron chi connectivity index (χ1n) is 7.74. The number of ether oxygens (including phenoxy) is 1. The molecule has 1 saturated carbocycles. The average Bonchev–Trinajstić information content (AvgIpc) is 3.00. The number of thiophene rings is 1. The van der Waals surface area contributed by atoms with Crippen LogP contribution in [-0.4, -0.2) is 24.3 Å². The van der Waals surface area contributed by atoms with Crippen molar-refractivity contribution in [3.63, 3.8) is 0 Å². The summed E-state index contributed by atoms with van der Waals surface area (Å²) >= 11 is 1.75. The van der Waals surface area contributed by atoms with Crippen molar-refractivity contribution in [2.24, 2.45) is 0 Å². The summed E-state index contributed by atoms with van der Waals surface area (Å²) in [4.78, 5) is 11.6. The van der Waals surface area contributed by atoms with Crippen molar-refractivity contribution in [1.82, 2.24) is 5.32 Å². The Bertz CT molecular complexity index is 459. The predicted octanol–water partition coefficient (Wildman–Crippen LogP) is 4.17. The number of hydrogen-bond donors (Lipinski definition) is 2. The second kappa shape index (κ2) is 7.16. The van der Waals surface area contributed by atoms with Crippen LogP contribution in [0.2, 0.25) is 0 Å². The molecule has 0 spiro atoms. The number of rotatable bonds is 5. The van der Waals surface area contributed by atoms with Gasteiger partial charge in [0.2, 0.25) is 0 Å². The minimum absolute atomic E-state index is 0.344. The monoisotopic (exact) mass is 310 g/mol. The molecule has 0 aliphatic heterocycles. The molecule has 1 amide bonds. The first kappa shape index (κ1) is 16.1. The fraction of sp³-hybridized carbons (Fsp3) is 0.688. The standard InChI is InChI=1S/C16H26N2O2S/c1-16(2,3)20-15(19)17-10-8-12-9-11-21-14(12)18-13-6-4-5-7-13/h9,11,13,18H,4-8,10H2,1-3H3,(H,17,19). The van der Waals surface area contributed by atoms with Gasteiger partial charge in [0.25, 0.3) is 0 Å². The summed E-state index contributed by atoms with van der Waals surface area (Å²) in [7, 11) is 0. The zero-order valence-corrected chi connectivity index (χ0v) is 14.0. The van der Waals surface area contributed by atoms with E-state index in [2.05, 4.69) is 22.1 Å². The number of alkyl carbamates (subject to hydrolysis) is 1. The van der Waals surface area contributed by atoms with Crippen LogP contribution in [0.5, 0.6) is 0 Å². The van der Waals surface area contributed by atoms with Crippen LogP contribution in [-0.2, 0) is 11.2 Å². The smallest absolute Gasteiger partial charge is 0.407 e. The molecule has 118 valence electrons. The van der Waals surface area contributed by atoms with E-state index >= 15 is 0 Å². The first-order valence-corrected chi connectivity index (χ1v) is 8.62. The van der Waals surface area contributed by atoms with Crippen molar-refractivity contribution in [1.29, 1.82) is 0 Å². The molecule has 0 saturated heterocycles. The molecule has 0 atom stereocenters. The van der Waals surface area contributed by atoms with Crippen LogP contribution in [0.3, 0.4) is 0 Å². The molecule has 5 heteroatoms. The fourth-order valence-electron chi connectivity index (χ4n) is 2.53. The van der Waals surface area contributed by atoms with E-state index in [1.807, 2.05) is 20.8 Å². The summed E-state index contributed by atoms with van der Waals surface area (Å²) in [6.07, 6.45) is 5.69. The Morgan fingerprint density at radius 2 is 2.10 bits per heavy atom. The quantitative estimate of drug-likeness (QED) is 0.858. The van der Waals surface area contributed by atoms with Crippen molar-refractivity contribution in [2.45, 2.75) is 64.5 Å². The van der Waals surface area contributed by atoms with E-state index in [-0.39, 0.29) is 6.09 Å². The topological polar surface area (TPSA) is 50.4 Å². The van der Waals surface area contributed by atoms with E-state index in [4.69, 9.17) is 4.74 Å². The molecule has 0 unspecified atom stereocenters. The third kappa shape index (κ3) is 5.58. The molecule has 2 rings (SSSR count). The first-order chi connectivity index (χ1) is 9.94. The van der Waals surface area contributed by atoms with Crippen LogP contribution in [0.15, 0.2) is 11.4 Å². The van der Waals surface area contributed by atoms with Crippen LogP contribution in [0.25, 0.3) is 0 Å². The zero-order valence-electron chi connectivity index (χ0n) is 13.2. The van der Waals surface area contributed by atoms with Gasteiger partial charge in [0.1, 0.15) is 5.60 Å². The Kier molecular flexibility index (Phi) is 5.51. The molecule has 1 aliphatic rings. The molecule has 4 nitrogen and oxygen atoms in total. The van der Waals surface area contributed by atoms with Crippen LogP contribution in [0.1, 0.15) is 52.0 Å². The van der Waals surface area contributed by atoms with Gasteiger partial charge in [-0.25, -0.2) is 4.79 Å². The maximum Gasteiger partial charge on any atom is 0.407 e. The minimum atomic E-state index is -0.443. The van der Waals surface area contributed by atoms with Gasteiger partial charge in [-0.1, -0.05) is 12.8 Å². The lowest BCUT2D eigenvalue weighted by atomic mass is 10.2. The number of carbonyl (C=O) groups is 1. The fourth-order valence-corrected chi connectivity index (χ4v) is 3.45. The molecule has 1 heterocycles.